The van der Waals surface area contributed by atoms with Crippen molar-refractivity contribution >= 4 is 0 Å². The predicted molar refractivity (Wildman–Crippen MR) is 59.7 cm³/mol. The van der Waals surface area contributed by atoms with Crippen LogP contribution in [-0.4, -0.2) is 13.7 Å². The molecule has 0 radical (unpaired) electrons. The molecule has 0 aliphatic carbocycles. The molecule has 0 fully saturated rings. The van der Waals surface area contributed by atoms with Crippen LogP contribution >= 0.6 is 0 Å². The van der Waals surface area contributed by atoms with E-state index >= 15 is 0 Å². The summed E-state index contributed by atoms with van der Waals surface area (Å²) >= 11 is 0. The van der Waals surface area contributed by atoms with Crippen molar-refractivity contribution in [1.82, 2.24) is 5.32 Å². The molecule has 3 heteroatoms. The van der Waals surface area contributed by atoms with Crippen LogP contribution in [0.5, 0.6) is 5.75 Å². The number of rotatable bonds is 5. The van der Waals surface area contributed by atoms with Gasteiger partial charge in [0, 0.05) is 17.7 Å². The highest BCUT2D eigenvalue weighted by atomic mass is 19.1. The van der Waals surface area contributed by atoms with Gasteiger partial charge in [0.05, 0.1) is 7.11 Å². The van der Waals surface area contributed by atoms with Crippen molar-refractivity contribution < 1.29 is 9.13 Å². The van der Waals surface area contributed by atoms with E-state index in [0.717, 1.165) is 13.0 Å². The molecule has 1 atom stereocenters. The second kappa shape index (κ2) is 5.71. The summed E-state index contributed by atoms with van der Waals surface area (Å²) in [6.45, 7) is 4.94. The Hall–Kier alpha value is -1.09. The van der Waals surface area contributed by atoms with E-state index in [4.69, 9.17) is 4.74 Å². The predicted octanol–water partition coefficient (Wildman–Crippen LogP) is 2.89. The Morgan fingerprint density at radius 3 is 2.73 bits per heavy atom. The summed E-state index contributed by atoms with van der Waals surface area (Å²) in [6.07, 6.45) is 1.04. The third kappa shape index (κ3) is 3.20. The molecule has 0 aliphatic rings. The number of ether oxygens (including phenoxy) is 1. The molecule has 0 heterocycles. The van der Waals surface area contributed by atoms with Crippen LogP contribution in [0.25, 0.3) is 0 Å². The molecular weight excluding hydrogens is 193 g/mol. The van der Waals surface area contributed by atoms with Crippen molar-refractivity contribution in [1.29, 1.82) is 0 Å². The molecule has 2 nitrogen and oxygen atoms in total. The first kappa shape index (κ1) is 12.0. The Bertz CT molecular complexity index is 314. The lowest BCUT2D eigenvalue weighted by Gasteiger charge is -2.14. The van der Waals surface area contributed by atoms with Gasteiger partial charge < -0.3 is 10.1 Å². The number of benzene rings is 1. The molecule has 0 amide bonds. The molecule has 1 aromatic carbocycles. The Morgan fingerprint density at radius 2 is 2.20 bits per heavy atom. The summed E-state index contributed by atoms with van der Waals surface area (Å²) in [5.41, 5.74) is 0.684. The minimum Gasteiger partial charge on any atom is -0.497 e. The first-order chi connectivity index (χ1) is 7.19. The minimum absolute atomic E-state index is 0.0378. The van der Waals surface area contributed by atoms with E-state index in [-0.39, 0.29) is 11.9 Å². The van der Waals surface area contributed by atoms with Crippen LogP contribution in [0.4, 0.5) is 4.39 Å². The van der Waals surface area contributed by atoms with Crippen molar-refractivity contribution in [3.63, 3.8) is 0 Å². The average molecular weight is 211 g/mol. The number of halogens is 1. The standard InChI is InChI=1S/C12H18FNO/c1-4-7-14-9(2)11-6-5-10(15-3)8-12(11)13/h5-6,8-9,14H,4,7H2,1-3H3/t9-/m0/s1. The summed E-state index contributed by atoms with van der Waals surface area (Å²) in [5.74, 6) is 0.337. The second-order valence-corrected chi connectivity index (χ2v) is 3.56. The topological polar surface area (TPSA) is 21.3 Å². The lowest BCUT2D eigenvalue weighted by Crippen LogP contribution is -2.20. The van der Waals surface area contributed by atoms with Crippen molar-refractivity contribution in [2.75, 3.05) is 13.7 Å². The molecule has 0 saturated heterocycles. The van der Waals surface area contributed by atoms with Gasteiger partial charge in [-0.1, -0.05) is 13.0 Å². The molecule has 0 unspecified atom stereocenters. The van der Waals surface area contributed by atoms with Gasteiger partial charge in [0.15, 0.2) is 0 Å². The quantitative estimate of drug-likeness (QED) is 0.808. The normalized spacial score (nSPS) is 12.5. The number of hydrogen-bond acceptors (Lipinski definition) is 2. The Morgan fingerprint density at radius 1 is 1.47 bits per heavy atom. The van der Waals surface area contributed by atoms with Crippen LogP contribution in [0.3, 0.4) is 0 Å². The van der Waals surface area contributed by atoms with Crippen LogP contribution in [0, 0.1) is 5.82 Å². The SMILES string of the molecule is CCCN[C@@H](C)c1ccc(OC)cc1F. The molecule has 15 heavy (non-hydrogen) atoms. The molecule has 1 aromatic rings. The molecule has 1 rings (SSSR count). The fourth-order valence-corrected chi connectivity index (χ4v) is 1.46. The van der Waals surface area contributed by atoms with Gasteiger partial charge in [0.2, 0.25) is 0 Å². The Balaban J connectivity index is 2.76. The third-order valence-corrected chi connectivity index (χ3v) is 2.37. The highest BCUT2D eigenvalue weighted by Crippen LogP contribution is 2.21. The fraction of sp³-hybridized carbons (Fsp3) is 0.500. The lowest BCUT2D eigenvalue weighted by molar-refractivity contribution is 0.409. The zero-order valence-electron chi connectivity index (χ0n) is 9.51. The molecule has 0 saturated carbocycles. The van der Waals surface area contributed by atoms with Crippen LogP contribution in [0.2, 0.25) is 0 Å². The van der Waals surface area contributed by atoms with Crippen LogP contribution < -0.4 is 10.1 Å². The fourth-order valence-electron chi connectivity index (χ4n) is 1.46. The van der Waals surface area contributed by atoms with Gasteiger partial charge in [-0.2, -0.15) is 0 Å². The van der Waals surface area contributed by atoms with Gasteiger partial charge in [0.1, 0.15) is 11.6 Å². The summed E-state index contributed by atoms with van der Waals surface area (Å²) in [5, 5.41) is 3.25. The van der Waals surface area contributed by atoms with E-state index < -0.39 is 0 Å². The van der Waals surface area contributed by atoms with Crippen molar-refractivity contribution in [2.45, 2.75) is 26.3 Å². The Kier molecular flexibility index (Phi) is 4.56. The zero-order valence-corrected chi connectivity index (χ0v) is 9.51. The monoisotopic (exact) mass is 211 g/mol. The van der Waals surface area contributed by atoms with Gasteiger partial charge in [0.25, 0.3) is 0 Å². The molecule has 1 N–H and O–H groups in total. The van der Waals surface area contributed by atoms with Crippen molar-refractivity contribution in [2.24, 2.45) is 0 Å². The molecular formula is C12H18FNO. The van der Waals surface area contributed by atoms with Crippen LogP contribution in [0.1, 0.15) is 31.9 Å². The molecule has 0 bridgehead atoms. The maximum absolute atomic E-state index is 13.6. The van der Waals surface area contributed by atoms with E-state index in [9.17, 15) is 4.39 Å². The molecule has 0 aromatic heterocycles. The highest BCUT2D eigenvalue weighted by Gasteiger charge is 2.10. The third-order valence-electron chi connectivity index (χ3n) is 2.37. The van der Waals surface area contributed by atoms with Crippen LogP contribution in [-0.2, 0) is 0 Å². The first-order valence-corrected chi connectivity index (χ1v) is 5.25. The van der Waals surface area contributed by atoms with Gasteiger partial charge in [-0.05, 0) is 26.0 Å². The van der Waals surface area contributed by atoms with E-state index in [0.29, 0.717) is 11.3 Å². The smallest absolute Gasteiger partial charge is 0.131 e. The van der Waals surface area contributed by atoms with Gasteiger partial charge >= 0.3 is 0 Å². The summed E-state index contributed by atoms with van der Waals surface area (Å²) < 4.78 is 18.5. The minimum atomic E-state index is -0.217. The van der Waals surface area contributed by atoms with E-state index in [2.05, 4.69) is 12.2 Å². The van der Waals surface area contributed by atoms with E-state index in [1.165, 1.54) is 13.2 Å². The maximum atomic E-state index is 13.6. The van der Waals surface area contributed by atoms with Crippen molar-refractivity contribution in [3.05, 3.63) is 29.6 Å². The summed E-state index contributed by atoms with van der Waals surface area (Å²) in [6, 6.07) is 5.00. The number of methoxy groups -OCH3 is 1. The van der Waals surface area contributed by atoms with Gasteiger partial charge in [-0.15, -0.1) is 0 Å². The maximum Gasteiger partial charge on any atom is 0.131 e. The largest absolute Gasteiger partial charge is 0.497 e. The molecule has 0 aliphatic heterocycles. The highest BCUT2D eigenvalue weighted by molar-refractivity contribution is 5.30. The number of hydrogen-bond donors (Lipinski definition) is 1. The van der Waals surface area contributed by atoms with Crippen LogP contribution in [0.15, 0.2) is 18.2 Å². The second-order valence-electron chi connectivity index (χ2n) is 3.56. The van der Waals surface area contributed by atoms with E-state index in [1.54, 1.807) is 12.1 Å². The Labute approximate surface area is 90.4 Å². The average Bonchev–Trinajstić information content (AvgIpc) is 2.25. The van der Waals surface area contributed by atoms with Gasteiger partial charge in [-0.25, -0.2) is 4.39 Å². The molecule has 0 spiro atoms. The zero-order chi connectivity index (χ0) is 11.3. The molecule has 84 valence electrons. The van der Waals surface area contributed by atoms with Gasteiger partial charge in [-0.3, -0.25) is 0 Å². The lowest BCUT2D eigenvalue weighted by atomic mass is 10.1. The summed E-state index contributed by atoms with van der Waals surface area (Å²) in [4.78, 5) is 0. The summed E-state index contributed by atoms with van der Waals surface area (Å²) in [7, 11) is 1.53. The van der Waals surface area contributed by atoms with Crippen molar-refractivity contribution in [3.8, 4) is 5.75 Å². The first-order valence-electron chi connectivity index (χ1n) is 5.25. The van der Waals surface area contributed by atoms with E-state index in [1.807, 2.05) is 6.92 Å². The number of nitrogens with one attached hydrogen (secondary N) is 1.